The molecule has 1 rings (SSSR count). The maximum absolute atomic E-state index is 12.3. The third-order valence-electron chi connectivity index (χ3n) is 3.33. The first-order valence-corrected chi connectivity index (χ1v) is 6.20. The lowest BCUT2D eigenvalue weighted by Gasteiger charge is -2.39. The second-order valence-electron chi connectivity index (χ2n) is 4.47. The number of nitrogens with two attached hydrogens (primary N) is 1. The Hall–Kier alpha value is -0.820. The average Bonchev–Trinajstić information content (AvgIpc) is 2.34. The Bertz CT molecular complexity index is 275. The summed E-state index contributed by atoms with van der Waals surface area (Å²) >= 11 is 0. The number of nitrogens with zero attached hydrogens (tertiary/aromatic N) is 2. The van der Waals surface area contributed by atoms with Crippen LogP contribution >= 0.6 is 0 Å². The van der Waals surface area contributed by atoms with E-state index < -0.39 is 12.1 Å². The molecule has 1 fully saturated rings. The molecule has 0 spiro atoms. The molecule has 0 aromatic carbocycles. The summed E-state index contributed by atoms with van der Waals surface area (Å²) in [6.07, 6.45) is -3.00. The first kappa shape index (κ1) is 15.2. The Morgan fingerprint density at radius 2 is 1.83 bits per heavy atom. The van der Waals surface area contributed by atoms with Crippen molar-refractivity contribution < 1.29 is 18.0 Å². The van der Waals surface area contributed by atoms with Crippen molar-refractivity contribution in [2.24, 2.45) is 5.73 Å². The fraction of sp³-hybridized carbons (Fsp3) is 0.909. The summed E-state index contributed by atoms with van der Waals surface area (Å²) in [4.78, 5) is 14.1. The van der Waals surface area contributed by atoms with Gasteiger partial charge in [0.1, 0.15) is 0 Å². The van der Waals surface area contributed by atoms with E-state index in [4.69, 9.17) is 5.73 Å². The van der Waals surface area contributed by atoms with Crippen molar-refractivity contribution in [3.05, 3.63) is 0 Å². The monoisotopic (exact) mass is 267 g/mol. The fourth-order valence-electron chi connectivity index (χ4n) is 2.31. The van der Waals surface area contributed by atoms with Crippen LogP contribution in [-0.4, -0.2) is 60.6 Å². The van der Waals surface area contributed by atoms with Gasteiger partial charge in [-0.3, -0.25) is 9.69 Å². The lowest BCUT2D eigenvalue weighted by molar-refractivity contribution is -0.187. The van der Waals surface area contributed by atoms with E-state index in [2.05, 4.69) is 4.90 Å². The van der Waals surface area contributed by atoms with Crippen LogP contribution in [0.1, 0.15) is 19.8 Å². The van der Waals surface area contributed by atoms with Gasteiger partial charge >= 0.3 is 12.1 Å². The largest absolute Gasteiger partial charge is 0.471 e. The molecule has 0 aliphatic carbocycles. The van der Waals surface area contributed by atoms with E-state index in [0.717, 1.165) is 17.7 Å². The van der Waals surface area contributed by atoms with Crippen molar-refractivity contribution in [2.75, 3.05) is 32.7 Å². The summed E-state index contributed by atoms with van der Waals surface area (Å²) in [7, 11) is 0. The summed E-state index contributed by atoms with van der Waals surface area (Å²) in [5.74, 6) is -1.73. The van der Waals surface area contributed by atoms with E-state index in [1.54, 1.807) is 0 Å². The topological polar surface area (TPSA) is 49.6 Å². The molecule has 2 N–H and O–H groups in total. The predicted molar refractivity (Wildman–Crippen MR) is 62.0 cm³/mol. The minimum absolute atomic E-state index is 0.138. The van der Waals surface area contributed by atoms with Crippen LogP contribution in [0.25, 0.3) is 0 Å². The van der Waals surface area contributed by atoms with Gasteiger partial charge in [0.05, 0.1) is 0 Å². The Morgan fingerprint density at radius 1 is 1.28 bits per heavy atom. The van der Waals surface area contributed by atoms with Crippen LogP contribution in [-0.2, 0) is 4.79 Å². The van der Waals surface area contributed by atoms with E-state index in [1.807, 2.05) is 6.92 Å². The maximum Gasteiger partial charge on any atom is 0.471 e. The SMILES string of the molecule is CCC(CCN)N1CCN(C(=O)C(F)(F)F)CC1. The number of hydrogen-bond acceptors (Lipinski definition) is 3. The standard InChI is InChI=1S/C11H20F3N3O/c1-2-9(3-4-15)16-5-7-17(8-6-16)10(18)11(12,13)14/h9H,2-8,15H2,1H3. The maximum atomic E-state index is 12.3. The van der Waals surface area contributed by atoms with Crippen LogP contribution in [0, 0.1) is 0 Å². The van der Waals surface area contributed by atoms with Crippen LogP contribution in [0.2, 0.25) is 0 Å². The van der Waals surface area contributed by atoms with Crippen molar-refractivity contribution in [2.45, 2.75) is 32.0 Å². The zero-order chi connectivity index (χ0) is 13.8. The van der Waals surface area contributed by atoms with Gasteiger partial charge in [-0.1, -0.05) is 6.92 Å². The zero-order valence-electron chi connectivity index (χ0n) is 10.5. The highest BCUT2D eigenvalue weighted by atomic mass is 19.4. The molecule has 7 heteroatoms. The summed E-state index contributed by atoms with van der Waals surface area (Å²) in [6.45, 7) is 3.85. The highest BCUT2D eigenvalue weighted by molar-refractivity contribution is 5.81. The van der Waals surface area contributed by atoms with E-state index in [1.165, 1.54) is 0 Å². The van der Waals surface area contributed by atoms with Gasteiger partial charge in [-0.2, -0.15) is 13.2 Å². The highest BCUT2D eigenvalue weighted by Gasteiger charge is 2.43. The number of alkyl halides is 3. The van der Waals surface area contributed by atoms with Gasteiger partial charge < -0.3 is 10.6 Å². The molecule has 1 aliphatic rings. The second kappa shape index (κ2) is 6.38. The van der Waals surface area contributed by atoms with Crippen LogP contribution in [0.3, 0.4) is 0 Å². The molecule has 0 saturated carbocycles. The summed E-state index contributed by atoms with van der Waals surface area (Å²) in [6, 6.07) is 0.304. The van der Waals surface area contributed by atoms with E-state index in [-0.39, 0.29) is 13.1 Å². The van der Waals surface area contributed by atoms with E-state index in [0.29, 0.717) is 25.7 Å². The first-order valence-electron chi connectivity index (χ1n) is 6.20. The van der Waals surface area contributed by atoms with Gasteiger partial charge in [0, 0.05) is 32.2 Å². The number of carbonyl (C=O) groups is 1. The van der Waals surface area contributed by atoms with E-state index >= 15 is 0 Å². The molecule has 0 aromatic rings. The molecule has 1 amide bonds. The van der Waals surface area contributed by atoms with E-state index in [9.17, 15) is 18.0 Å². The van der Waals surface area contributed by atoms with Gasteiger partial charge in [-0.05, 0) is 19.4 Å². The van der Waals surface area contributed by atoms with Crippen molar-refractivity contribution in [3.63, 3.8) is 0 Å². The van der Waals surface area contributed by atoms with Gasteiger partial charge in [0.2, 0.25) is 0 Å². The predicted octanol–water partition coefficient (Wildman–Crippen LogP) is 0.820. The summed E-state index contributed by atoms with van der Waals surface area (Å²) < 4.78 is 36.8. The molecule has 1 heterocycles. The molecule has 0 radical (unpaired) electrons. The molecule has 1 unspecified atom stereocenters. The normalized spacial score (nSPS) is 19.9. The number of rotatable bonds is 4. The third kappa shape index (κ3) is 3.84. The van der Waals surface area contributed by atoms with Gasteiger partial charge in [0.15, 0.2) is 0 Å². The molecule has 0 aromatic heterocycles. The molecular formula is C11H20F3N3O. The van der Waals surface area contributed by atoms with Crippen molar-refractivity contribution >= 4 is 5.91 Å². The Kier molecular flexibility index (Phi) is 5.40. The second-order valence-corrected chi connectivity index (χ2v) is 4.47. The molecule has 0 bridgehead atoms. The van der Waals surface area contributed by atoms with Gasteiger partial charge in [0.25, 0.3) is 0 Å². The highest BCUT2D eigenvalue weighted by Crippen LogP contribution is 2.20. The summed E-state index contributed by atoms with van der Waals surface area (Å²) in [5.41, 5.74) is 5.50. The summed E-state index contributed by atoms with van der Waals surface area (Å²) in [5, 5.41) is 0. The fourth-order valence-corrected chi connectivity index (χ4v) is 2.31. The number of amides is 1. The average molecular weight is 267 g/mol. The zero-order valence-corrected chi connectivity index (χ0v) is 10.5. The molecular weight excluding hydrogens is 247 g/mol. The van der Waals surface area contributed by atoms with Crippen LogP contribution < -0.4 is 5.73 Å². The minimum atomic E-state index is -4.76. The Balaban J connectivity index is 2.48. The lowest BCUT2D eigenvalue weighted by atomic mass is 10.1. The van der Waals surface area contributed by atoms with Crippen molar-refractivity contribution in [1.82, 2.24) is 9.80 Å². The van der Waals surface area contributed by atoms with Gasteiger partial charge in [-0.25, -0.2) is 0 Å². The molecule has 1 saturated heterocycles. The molecule has 1 aliphatic heterocycles. The van der Waals surface area contributed by atoms with Crippen LogP contribution in [0.4, 0.5) is 13.2 Å². The quantitative estimate of drug-likeness (QED) is 0.820. The molecule has 18 heavy (non-hydrogen) atoms. The van der Waals surface area contributed by atoms with Gasteiger partial charge in [-0.15, -0.1) is 0 Å². The Labute approximate surface area is 105 Å². The number of piperazine rings is 1. The first-order chi connectivity index (χ1) is 8.40. The van der Waals surface area contributed by atoms with Crippen LogP contribution in [0.15, 0.2) is 0 Å². The van der Waals surface area contributed by atoms with Crippen molar-refractivity contribution in [3.8, 4) is 0 Å². The Morgan fingerprint density at radius 3 is 2.22 bits per heavy atom. The third-order valence-corrected chi connectivity index (χ3v) is 3.33. The smallest absolute Gasteiger partial charge is 0.332 e. The number of carbonyl (C=O) groups excluding carboxylic acids is 1. The number of halogens is 3. The number of hydrogen-bond donors (Lipinski definition) is 1. The van der Waals surface area contributed by atoms with Crippen molar-refractivity contribution in [1.29, 1.82) is 0 Å². The van der Waals surface area contributed by atoms with Crippen LogP contribution in [0.5, 0.6) is 0 Å². The molecule has 106 valence electrons. The lowest BCUT2D eigenvalue weighted by Crippen LogP contribution is -2.54. The molecule has 4 nitrogen and oxygen atoms in total. The molecule has 1 atom stereocenters. The minimum Gasteiger partial charge on any atom is -0.332 e.